The molecule has 0 aromatic heterocycles. The van der Waals surface area contributed by atoms with Crippen molar-refractivity contribution in [2.45, 2.75) is 82.2 Å². The Morgan fingerprint density at radius 1 is 0.750 bits per heavy atom. The topological polar surface area (TPSA) is 63.6 Å². The number of carboxylic acids is 1. The van der Waals surface area contributed by atoms with Crippen molar-refractivity contribution in [3.63, 3.8) is 0 Å². The average Bonchev–Trinajstić information content (AvgIpc) is 2.69. The molecule has 0 bridgehead atoms. The third-order valence-electron chi connectivity index (χ3n) is 5.35. The monoisotopic (exact) mass is 562 g/mol. The Morgan fingerprint density at radius 3 is 1.58 bits per heavy atom. The molecule has 0 aromatic rings. The van der Waals surface area contributed by atoms with Gasteiger partial charge in [0.15, 0.2) is 0 Å². The first-order chi connectivity index (χ1) is 15.8. The highest BCUT2D eigenvalue weighted by molar-refractivity contribution is 5.72. The molecule has 0 spiro atoms. The zero-order chi connectivity index (χ0) is 29.1. The first-order valence-corrected chi connectivity index (χ1v) is 10.2. The molecule has 0 rings (SSSR count). The molecule has 36 heavy (non-hydrogen) atoms. The van der Waals surface area contributed by atoms with Gasteiger partial charge in [0, 0.05) is 0 Å². The molecule has 0 aromatic carbocycles. The predicted molar refractivity (Wildman–Crippen MR) is 95.3 cm³/mol. The van der Waals surface area contributed by atoms with Gasteiger partial charge in [0.05, 0.1) is 24.9 Å². The van der Waals surface area contributed by atoms with Gasteiger partial charge >= 0.3 is 47.7 Å². The van der Waals surface area contributed by atoms with Crippen LogP contribution in [0.4, 0.5) is 57.1 Å². The summed E-state index contributed by atoms with van der Waals surface area (Å²) in [7, 11) is 0. The highest BCUT2D eigenvalue weighted by Crippen LogP contribution is 2.60. The summed E-state index contributed by atoms with van der Waals surface area (Å²) < 4.78 is 174. The molecule has 0 aliphatic heterocycles. The number of esters is 1. The van der Waals surface area contributed by atoms with Crippen LogP contribution >= 0.6 is 0 Å². The van der Waals surface area contributed by atoms with Crippen molar-refractivity contribution < 1.29 is 76.5 Å². The van der Waals surface area contributed by atoms with E-state index < -0.39 is 78.5 Å². The smallest absolute Gasteiger partial charge is 0.460 e. The molecule has 0 radical (unpaired) electrons. The van der Waals surface area contributed by atoms with Gasteiger partial charge in [0.1, 0.15) is 0 Å². The van der Waals surface area contributed by atoms with E-state index in [9.17, 15) is 66.7 Å². The van der Waals surface area contributed by atoms with Crippen molar-refractivity contribution in [2.75, 3.05) is 6.61 Å². The zero-order valence-corrected chi connectivity index (χ0v) is 18.9. The first kappa shape index (κ1) is 34.0. The molecular formula is C19H23F13O4. The SMILES string of the molecule is CCC(CC(C)CC(C)C(=O)O)C(=O)OCCC(F)(F)C(F)(F)C(F)(F)C(F)(F)C(F)(F)C(F)(F)F. The quantitative estimate of drug-likeness (QED) is 0.187. The zero-order valence-electron chi connectivity index (χ0n) is 18.9. The minimum absolute atomic E-state index is 0.0337. The third kappa shape index (κ3) is 6.66. The van der Waals surface area contributed by atoms with Gasteiger partial charge in [-0.25, -0.2) is 0 Å². The maximum absolute atomic E-state index is 13.7. The predicted octanol–water partition coefficient (Wildman–Crippen LogP) is 6.82. The van der Waals surface area contributed by atoms with Crippen molar-refractivity contribution >= 4 is 11.9 Å². The molecule has 3 atom stereocenters. The van der Waals surface area contributed by atoms with Gasteiger partial charge < -0.3 is 9.84 Å². The lowest BCUT2D eigenvalue weighted by molar-refractivity contribution is -0.440. The molecule has 3 unspecified atom stereocenters. The van der Waals surface area contributed by atoms with Crippen LogP contribution in [0.15, 0.2) is 0 Å². The van der Waals surface area contributed by atoms with Crippen molar-refractivity contribution in [3.05, 3.63) is 0 Å². The summed E-state index contributed by atoms with van der Waals surface area (Å²) >= 11 is 0. The number of rotatable bonds is 14. The average molecular weight is 562 g/mol. The van der Waals surface area contributed by atoms with Crippen molar-refractivity contribution in [1.29, 1.82) is 0 Å². The largest absolute Gasteiger partial charge is 0.481 e. The van der Waals surface area contributed by atoms with Crippen LogP contribution in [0.5, 0.6) is 0 Å². The molecule has 0 aliphatic carbocycles. The van der Waals surface area contributed by atoms with Gasteiger partial charge in [-0.15, -0.1) is 0 Å². The Labute approximate surface area is 196 Å². The number of halogens is 13. The van der Waals surface area contributed by atoms with E-state index in [1.54, 1.807) is 0 Å². The fourth-order valence-electron chi connectivity index (χ4n) is 3.07. The molecule has 0 amide bonds. The number of carboxylic acid groups (broad SMARTS) is 1. The first-order valence-electron chi connectivity index (χ1n) is 10.2. The molecule has 0 saturated carbocycles. The minimum atomic E-state index is -7.99. The summed E-state index contributed by atoms with van der Waals surface area (Å²) in [5.74, 6) is -42.3. The number of carbonyl (C=O) groups is 2. The van der Waals surface area contributed by atoms with E-state index in [2.05, 4.69) is 4.74 Å². The molecule has 17 heteroatoms. The van der Waals surface area contributed by atoms with Crippen LogP contribution in [0.2, 0.25) is 0 Å². The summed E-state index contributed by atoms with van der Waals surface area (Å²) in [6, 6.07) is 0. The van der Waals surface area contributed by atoms with Crippen LogP contribution in [0, 0.1) is 17.8 Å². The second-order valence-electron chi connectivity index (χ2n) is 8.34. The van der Waals surface area contributed by atoms with E-state index in [4.69, 9.17) is 5.11 Å². The van der Waals surface area contributed by atoms with Crippen molar-refractivity contribution in [3.8, 4) is 0 Å². The van der Waals surface area contributed by atoms with E-state index in [0.29, 0.717) is 0 Å². The Bertz CT molecular complexity index is 765. The second-order valence-corrected chi connectivity index (χ2v) is 8.34. The summed E-state index contributed by atoms with van der Waals surface area (Å²) in [6.45, 7) is 2.45. The van der Waals surface area contributed by atoms with Crippen LogP contribution in [0.1, 0.15) is 46.5 Å². The van der Waals surface area contributed by atoms with Gasteiger partial charge in [-0.05, 0) is 25.2 Å². The second kappa shape index (κ2) is 11.2. The van der Waals surface area contributed by atoms with Gasteiger partial charge in [0.2, 0.25) is 0 Å². The number of hydrogen-bond acceptors (Lipinski definition) is 3. The van der Waals surface area contributed by atoms with Gasteiger partial charge in [-0.1, -0.05) is 20.8 Å². The maximum atomic E-state index is 13.7. The molecule has 4 nitrogen and oxygen atoms in total. The van der Waals surface area contributed by atoms with Crippen LogP contribution in [-0.4, -0.2) is 59.4 Å². The minimum Gasteiger partial charge on any atom is -0.481 e. The van der Waals surface area contributed by atoms with Crippen molar-refractivity contribution in [2.24, 2.45) is 17.8 Å². The van der Waals surface area contributed by atoms with E-state index in [1.165, 1.54) is 20.8 Å². The summed E-state index contributed by atoms with van der Waals surface area (Å²) in [4.78, 5) is 22.9. The number of carbonyl (C=O) groups excluding carboxylic acids is 1. The lowest BCUT2D eigenvalue weighted by atomic mass is 9.87. The highest BCUT2D eigenvalue weighted by atomic mass is 19.4. The van der Waals surface area contributed by atoms with Crippen LogP contribution in [0.25, 0.3) is 0 Å². The molecule has 0 fully saturated rings. The Morgan fingerprint density at radius 2 is 1.19 bits per heavy atom. The third-order valence-corrected chi connectivity index (χ3v) is 5.35. The summed E-state index contributed by atoms with van der Waals surface area (Å²) in [6.07, 6.45) is -10.2. The molecular weight excluding hydrogens is 539 g/mol. The standard InChI is InChI=1S/C19H23F13O4/c1-4-11(8-9(2)7-10(3)12(33)34)13(35)36-6-5-14(20,21)15(22,23)16(24,25)17(26,27)18(28,29)19(30,31)32/h9-11H,4-8H2,1-3H3,(H,33,34). The van der Waals surface area contributed by atoms with Crippen molar-refractivity contribution in [1.82, 2.24) is 0 Å². The summed E-state index contributed by atoms with van der Waals surface area (Å²) in [5.41, 5.74) is 0. The summed E-state index contributed by atoms with van der Waals surface area (Å²) in [5, 5.41) is 8.86. The van der Waals surface area contributed by atoms with Gasteiger partial charge in [0.25, 0.3) is 0 Å². The Kier molecular flexibility index (Phi) is 10.6. The number of hydrogen-bond donors (Lipinski definition) is 1. The lowest BCUT2D eigenvalue weighted by Gasteiger charge is -2.39. The molecule has 0 heterocycles. The fourth-order valence-corrected chi connectivity index (χ4v) is 3.07. The van der Waals surface area contributed by atoms with Crippen LogP contribution in [-0.2, 0) is 14.3 Å². The number of aliphatic carboxylic acids is 1. The van der Waals surface area contributed by atoms with Crippen LogP contribution in [0.3, 0.4) is 0 Å². The number of ether oxygens (including phenoxy) is 1. The van der Waals surface area contributed by atoms with E-state index in [-0.39, 0.29) is 19.3 Å². The van der Waals surface area contributed by atoms with Gasteiger partial charge in [-0.3, -0.25) is 9.59 Å². The highest BCUT2D eigenvalue weighted by Gasteiger charge is 2.90. The molecule has 214 valence electrons. The molecule has 1 N–H and O–H groups in total. The fraction of sp³-hybridized carbons (Fsp3) is 0.895. The van der Waals surface area contributed by atoms with Crippen LogP contribution < -0.4 is 0 Å². The normalized spacial score (nSPS) is 16.9. The Hall–Kier alpha value is -1.97. The van der Waals surface area contributed by atoms with E-state index in [0.717, 1.165) is 0 Å². The molecule has 0 saturated heterocycles. The molecule has 0 aliphatic rings. The van der Waals surface area contributed by atoms with Gasteiger partial charge in [-0.2, -0.15) is 57.1 Å². The Balaban J connectivity index is 5.48. The van der Waals surface area contributed by atoms with E-state index in [1.807, 2.05) is 0 Å². The maximum Gasteiger partial charge on any atom is 0.460 e. The van der Waals surface area contributed by atoms with E-state index >= 15 is 0 Å². The number of alkyl halides is 13. The lowest BCUT2D eigenvalue weighted by Crippen LogP contribution is -2.70.